The molecule has 0 N–H and O–H groups in total. The van der Waals surface area contributed by atoms with Crippen LogP contribution in [-0.2, 0) is 20.0 Å². The molecule has 35 heavy (non-hydrogen) atoms. The number of hydrogen-bond acceptors (Lipinski definition) is 0. The van der Waals surface area contributed by atoms with Gasteiger partial charge in [-0.25, -0.2) is 11.6 Å². The molecule has 0 spiro atoms. The predicted molar refractivity (Wildman–Crippen MR) is 139 cm³/mol. The zero-order valence-electron chi connectivity index (χ0n) is 19.6. The third kappa shape index (κ3) is 7.95. The largest absolute Gasteiger partial charge is 0.126 e. The molecule has 0 saturated heterocycles. The first-order valence-electron chi connectivity index (χ1n) is 11.2. The Morgan fingerprint density at radius 2 is 1.09 bits per heavy atom. The van der Waals surface area contributed by atoms with Crippen molar-refractivity contribution < 1.29 is 44.8 Å². The summed E-state index contributed by atoms with van der Waals surface area (Å²) in [6.45, 7) is 2.06. The summed E-state index contributed by atoms with van der Waals surface area (Å²) in [4.78, 5) is 0. The number of fused-ring (bicyclic) bond motifs is 3. The second-order valence-electron chi connectivity index (χ2n) is 7.89. The van der Waals surface area contributed by atoms with E-state index in [1.54, 1.807) is 0 Å². The van der Waals surface area contributed by atoms with Gasteiger partial charge < -0.3 is 24.8 Å². The van der Waals surface area contributed by atoms with Crippen LogP contribution in [0.1, 0.15) is 24.5 Å². The van der Waals surface area contributed by atoms with E-state index in [9.17, 15) is 0 Å². The molecule has 1 aliphatic carbocycles. The quantitative estimate of drug-likeness (QED) is 0.243. The van der Waals surface area contributed by atoms with Gasteiger partial charge in [-0.05, 0) is 0 Å². The molecule has 0 heterocycles. The summed E-state index contributed by atoms with van der Waals surface area (Å²) in [6.07, 6.45) is 8.33. The molecule has 0 unspecified atom stereocenters. The molecule has 0 atom stereocenters. The van der Waals surface area contributed by atoms with Crippen LogP contribution >= 0.6 is 0 Å². The molecule has 5 aromatic rings. The molecule has 0 nitrogen and oxygen atoms in total. The van der Waals surface area contributed by atoms with Crippen LogP contribution in [0.25, 0.3) is 21.5 Å². The minimum atomic E-state index is 0. The van der Waals surface area contributed by atoms with Crippen LogP contribution in [0.5, 0.6) is 0 Å². The Bertz CT molecular complexity index is 1300. The van der Waals surface area contributed by atoms with Gasteiger partial charge in [-0.2, -0.15) is 6.08 Å². The molecule has 0 bridgehead atoms. The standard InChI is InChI=1S/C13H9.C13H10.C6H7.2ClH.Ti/c1-3-7-12-10(5-1)9-11-6-2-4-8-13(11)12;1-3-7-12(8-4-1)11-13-9-5-2-6-10-13;1-6-4-2-3-5-6;;;/h1-9H;1-10H;2,4H,3H2,1H3;2*1H;/q-1;;-1;;;+2/p-2. The van der Waals surface area contributed by atoms with E-state index in [-0.39, 0.29) is 24.8 Å². The summed E-state index contributed by atoms with van der Waals surface area (Å²) < 4.78 is 1.33. The van der Waals surface area contributed by atoms with E-state index < -0.39 is 0 Å². The van der Waals surface area contributed by atoms with Crippen molar-refractivity contribution in [1.29, 1.82) is 0 Å². The fourth-order valence-electron chi connectivity index (χ4n) is 3.79. The SMILES string of the molecule is CC1=[C-]CC=C1.[Cl-].[Cl-].[Ti+2]=[C](c1ccccc1)c1ccccc1.c1ccc2c(c1)[cH-]c1ccccc12. The van der Waals surface area contributed by atoms with Gasteiger partial charge in [0, 0.05) is 0 Å². The Labute approximate surface area is 232 Å². The number of rotatable bonds is 2. The minimum Gasteiger partial charge on any atom is -0.126 e. The molecule has 174 valence electrons. The van der Waals surface area contributed by atoms with Gasteiger partial charge in [0.15, 0.2) is 0 Å². The van der Waals surface area contributed by atoms with Crippen LogP contribution in [0, 0.1) is 6.08 Å². The van der Waals surface area contributed by atoms with Crippen molar-refractivity contribution in [3.05, 3.63) is 150 Å². The van der Waals surface area contributed by atoms with Gasteiger partial charge in [-0.15, -0.1) is 46.2 Å². The summed E-state index contributed by atoms with van der Waals surface area (Å²) in [5.41, 5.74) is 3.85. The zero-order chi connectivity index (χ0) is 22.9. The molecule has 0 amide bonds. The molecule has 0 fully saturated rings. The van der Waals surface area contributed by atoms with Crippen LogP contribution in [0.15, 0.2) is 133 Å². The van der Waals surface area contributed by atoms with E-state index in [4.69, 9.17) is 0 Å². The van der Waals surface area contributed by atoms with Crippen molar-refractivity contribution in [3.63, 3.8) is 0 Å². The summed E-state index contributed by atoms with van der Waals surface area (Å²) in [5.74, 6) is 0. The van der Waals surface area contributed by atoms with Crippen molar-refractivity contribution in [2.24, 2.45) is 0 Å². The fourth-order valence-corrected chi connectivity index (χ4v) is 4.32. The summed E-state index contributed by atoms with van der Waals surface area (Å²) in [7, 11) is 0. The van der Waals surface area contributed by atoms with Crippen LogP contribution in [-0.4, -0.2) is 3.81 Å². The Kier molecular flexibility index (Phi) is 12.0. The number of allylic oxidation sites excluding steroid dienone is 4. The van der Waals surface area contributed by atoms with Gasteiger partial charge >= 0.3 is 95.6 Å². The second kappa shape index (κ2) is 14.7. The summed E-state index contributed by atoms with van der Waals surface area (Å²) >= 11 is 2.16. The monoisotopic (exact) mass is 528 g/mol. The third-order valence-corrected chi connectivity index (χ3v) is 6.42. The van der Waals surface area contributed by atoms with Gasteiger partial charge in [0.1, 0.15) is 0 Å². The smallest absolute Gasteiger partial charge is 0.0771 e. The normalized spacial score (nSPS) is 11.2. The fraction of sp³-hybridized carbons (Fsp3) is 0.0625. The molecule has 0 aromatic heterocycles. The van der Waals surface area contributed by atoms with Crippen LogP contribution < -0.4 is 24.8 Å². The second-order valence-corrected chi connectivity index (χ2v) is 8.67. The van der Waals surface area contributed by atoms with Gasteiger partial charge in [-0.3, -0.25) is 6.08 Å². The van der Waals surface area contributed by atoms with Gasteiger partial charge in [-0.1, -0.05) is 43.3 Å². The molecule has 3 heteroatoms. The van der Waals surface area contributed by atoms with Gasteiger partial charge in [0.2, 0.25) is 0 Å². The Balaban J connectivity index is 0.000000192. The molecule has 0 saturated carbocycles. The van der Waals surface area contributed by atoms with Gasteiger partial charge in [0.05, 0.1) is 0 Å². The molecular formula is C32H26Cl2Ti-2. The first-order valence-corrected chi connectivity index (χ1v) is 12.0. The number of benzene rings is 4. The van der Waals surface area contributed by atoms with E-state index in [0.29, 0.717) is 0 Å². The predicted octanol–water partition coefficient (Wildman–Crippen LogP) is 2.22. The maximum absolute atomic E-state index is 3.12. The Morgan fingerprint density at radius 3 is 1.46 bits per heavy atom. The van der Waals surface area contributed by atoms with Crippen molar-refractivity contribution in [1.82, 2.24) is 0 Å². The van der Waals surface area contributed by atoms with Crippen molar-refractivity contribution >= 4 is 25.4 Å². The van der Waals surface area contributed by atoms with Crippen LogP contribution in [0.2, 0.25) is 0 Å². The zero-order valence-corrected chi connectivity index (χ0v) is 22.7. The third-order valence-electron chi connectivity index (χ3n) is 5.51. The van der Waals surface area contributed by atoms with Crippen molar-refractivity contribution in [2.75, 3.05) is 0 Å². The van der Waals surface area contributed by atoms with E-state index in [2.05, 4.69) is 148 Å². The molecule has 1 aliphatic rings. The first kappa shape index (κ1) is 28.6. The Hall–Kier alpha value is -2.61. The van der Waals surface area contributed by atoms with Crippen LogP contribution in [0.4, 0.5) is 0 Å². The maximum atomic E-state index is 3.12. The average molecular weight is 529 g/mol. The van der Waals surface area contributed by atoms with E-state index in [1.807, 2.05) is 12.1 Å². The molecule has 0 radical (unpaired) electrons. The van der Waals surface area contributed by atoms with Crippen molar-refractivity contribution in [3.8, 4) is 0 Å². The topological polar surface area (TPSA) is 0 Å². The van der Waals surface area contributed by atoms with E-state index >= 15 is 0 Å². The summed E-state index contributed by atoms with van der Waals surface area (Å²) in [5, 5.41) is 5.39. The van der Waals surface area contributed by atoms with E-state index in [1.165, 1.54) is 42.1 Å². The number of halogens is 2. The summed E-state index contributed by atoms with van der Waals surface area (Å²) in [6, 6.07) is 40.2. The maximum Gasteiger partial charge on any atom is -0.0771 e. The average Bonchev–Trinajstić information content (AvgIpc) is 3.52. The molecular weight excluding hydrogens is 503 g/mol. The number of hydrogen-bond donors (Lipinski definition) is 0. The Morgan fingerprint density at radius 1 is 0.657 bits per heavy atom. The molecule has 6 rings (SSSR count). The van der Waals surface area contributed by atoms with Gasteiger partial charge in [0.25, 0.3) is 0 Å². The molecule has 5 aromatic carbocycles. The molecule has 0 aliphatic heterocycles. The van der Waals surface area contributed by atoms with Crippen LogP contribution in [0.3, 0.4) is 0 Å². The van der Waals surface area contributed by atoms with Crippen molar-refractivity contribution in [2.45, 2.75) is 13.3 Å². The van der Waals surface area contributed by atoms with E-state index in [0.717, 1.165) is 6.42 Å². The first-order chi connectivity index (χ1) is 16.2. The minimum absolute atomic E-state index is 0.